The number of phenolic OH excluding ortho intramolecular Hbond substituents is 1. The first-order chi connectivity index (χ1) is 12.2. The summed E-state index contributed by atoms with van der Waals surface area (Å²) in [7, 11) is 1.95. The van der Waals surface area contributed by atoms with Crippen LogP contribution in [0.2, 0.25) is 0 Å². The summed E-state index contributed by atoms with van der Waals surface area (Å²) in [6.45, 7) is 10.3. The lowest BCUT2D eigenvalue weighted by atomic mass is 9.54. The molecule has 142 valence electrons. The number of ketones is 1. The quantitative estimate of drug-likeness (QED) is 0.791. The minimum atomic E-state index is -1.16. The van der Waals surface area contributed by atoms with Gasteiger partial charge >= 0.3 is 0 Å². The minimum absolute atomic E-state index is 0.00917. The second-order valence-electron chi connectivity index (χ2n) is 7.72. The lowest BCUT2D eigenvalue weighted by Crippen LogP contribution is -2.69. The fraction of sp³-hybridized carbons (Fsp3) is 0.571. The summed E-state index contributed by atoms with van der Waals surface area (Å²) in [6.07, 6.45) is 2.22. The fourth-order valence-electron chi connectivity index (χ4n) is 5.12. The van der Waals surface area contributed by atoms with Gasteiger partial charge in [-0.05, 0) is 45.4 Å². The maximum absolute atomic E-state index is 12.8. The molecule has 1 heterocycles. The van der Waals surface area contributed by atoms with E-state index in [1.165, 1.54) is 0 Å². The Hall–Kier alpha value is -1.85. The van der Waals surface area contributed by atoms with Crippen molar-refractivity contribution in [1.29, 1.82) is 0 Å². The molecule has 2 N–H and O–H groups in total. The van der Waals surface area contributed by atoms with Crippen LogP contribution in [-0.4, -0.2) is 52.2 Å². The van der Waals surface area contributed by atoms with Gasteiger partial charge in [0.15, 0.2) is 23.4 Å². The molecule has 1 aliphatic carbocycles. The van der Waals surface area contributed by atoms with E-state index in [0.717, 1.165) is 11.1 Å². The number of aryl methyl sites for hydroxylation is 1. The summed E-state index contributed by atoms with van der Waals surface area (Å²) >= 11 is 0. The van der Waals surface area contributed by atoms with Gasteiger partial charge in [0, 0.05) is 24.6 Å². The molecular formula is C21H29NO4. The number of rotatable bonds is 5. The second-order valence-corrected chi connectivity index (χ2v) is 7.72. The third-order valence-corrected chi connectivity index (χ3v) is 6.62. The van der Waals surface area contributed by atoms with Gasteiger partial charge in [-0.25, -0.2) is 0 Å². The summed E-state index contributed by atoms with van der Waals surface area (Å²) < 4.78 is 6.02. The van der Waals surface area contributed by atoms with Crippen molar-refractivity contribution in [2.24, 2.45) is 0 Å². The van der Waals surface area contributed by atoms with Crippen molar-refractivity contribution >= 4 is 5.78 Å². The number of hydrogen-bond donors (Lipinski definition) is 2. The van der Waals surface area contributed by atoms with E-state index in [4.69, 9.17) is 4.74 Å². The van der Waals surface area contributed by atoms with E-state index in [1.807, 2.05) is 38.8 Å². The first kappa shape index (κ1) is 18.9. The van der Waals surface area contributed by atoms with Crippen LogP contribution in [0.4, 0.5) is 0 Å². The Bertz CT molecular complexity index is 746. The Balaban J connectivity index is 2.25. The number of fused-ring (bicyclic) bond motifs is 3. The van der Waals surface area contributed by atoms with Crippen LogP contribution in [-0.2, 0) is 10.2 Å². The Morgan fingerprint density at radius 1 is 1.50 bits per heavy atom. The molecule has 1 saturated carbocycles. The standard InChI is InChI=1S/C21H29NO4/c1-6-12-22(5)14(4)21(25)11-10-16(24)19-20(21,7-2)17-13(3)8-9-15(23)18(17)26-19/h6,8-9,14,19,23,25H,1,7,10-12H2,2-5H3. The van der Waals surface area contributed by atoms with E-state index >= 15 is 0 Å². The van der Waals surface area contributed by atoms with Crippen LogP contribution in [0.3, 0.4) is 0 Å². The molecule has 0 amide bonds. The van der Waals surface area contributed by atoms with Crippen molar-refractivity contribution in [3.05, 3.63) is 35.9 Å². The van der Waals surface area contributed by atoms with Crippen LogP contribution < -0.4 is 4.74 Å². The highest BCUT2D eigenvalue weighted by molar-refractivity contribution is 5.89. The summed E-state index contributed by atoms with van der Waals surface area (Å²) in [4.78, 5) is 14.8. The number of ether oxygens (including phenoxy) is 1. The SMILES string of the molecule is C=CCN(C)C(C)C1(O)CCC(=O)C2Oc3c(O)ccc(C)c3C21CC. The van der Waals surface area contributed by atoms with Crippen LogP contribution in [0.15, 0.2) is 24.8 Å². The lowest BCUT2D eigenvalue weighted by molar-refractivity contribution is -0.163. The van der Waals surface area contributed by atoms with Crippen molar-refractivity contribution in [3.8, 4) is 11.5 Å². The topological polar surface area (TPSA) is 70.0 Å². The van der Waals surface area contributed by atoms with Gasteiger partial charge < -0.3 is 14.9 Å². The zero-order valence-corrected chi connectivity index (χ0v) is 16.1. The molecule has 2 aliphatic rings. The molecule has 1 aromatic carbocycles. The number of aromatic hydroxyl groups is 1. The average molecular weight is 359 g/mol. The third kappa shape index (κ3) is 2.26. The smallest absolute Gasteiger partial charge is 0.174 e. The van der Waals surface area contributed by atoms with E-state index in [1.54, 1.807) is 12.1 Å². The molecule has 1 aromatic rings. The highest BCUT2D eigenvalue weighted by Crippen LogP contribution is 2.60. The van der Waals surface area contributed by atoms with E-state index in [9.17, 15) is 15.0 Å². The Kier molecular flexibility index (Phi) is 4.65. The largest absolute Gasteiger partial charge is 0.504 e. The van der Waals surface area contributed by atoms with Crippen LogP contribution >= 0.6 is 0 Å². The third-order valence-electron chi connectivity index (χ3n) is 6.62. The predicted molar refractivity (Wildman–Crippen MR) is 101 cm³/mol. The predicted octanol–water partition coefficient (Wildman–Crippen LogP) is 2.71. The Morgan fingerprint density at radius 2 is 2.19 bits per heavy atom. The molecule has 4 atom stereocenters. The zero-order valence-electron chi connectivity index (χ0n) is 16.1. The number of Topliss-reactive ketones (excluding diaryl/α,β-unsaturated/α-hetero) is 1. The summed E-state index contributed by atoms with van der Waals surface area (Å²) in [5.41, 5.74) is -0.342. The van der Waals surface area contributed by atoms with Gasteiger partial charge in [0.25, 0.3) is 0 Å². The summed E-state index contributed by atoms with van der Waals surface area (Å²) in [6, 6.07) is 3.20. The van der Waals surface area contributed by atoms with Gasteiger partial charge in [-0.2, -0.15) is 0 Å². The number of carbonyl (C=O) groups is 1. The van der Waals surface area contributed by atoms with Crippen LogP contribution in [0.25, 0.3) is 0 Å². The number of benzene rings is 1. The van der Waals surface area contributed by atoms with Gasteiger partial charge in [0.1, 0.15) is 0 Å². The monoisotopic (exact) mass is 359 g/mol. The van der Waals surface area contributed by atoms with Crippen molar-refractivity contribution < 1.29 is 19.7 Å². The van der Waals surface area contributed by atoms with Gasteiger partial charge in [-0.1, -0.05) is 19.1 Å². The first-order valence-corrected chi connectivity index (χ1v) is 9.30. The molecule has 0 bridgehead atoms. The molecule has 26 heavy (non-hydrogen) atoms. The molecule has 0 spiro atoms. The Morgan fingerprint density at radius 3 is 2.81 bits per heavy atom. The molecule has 4 unspecified atom stereocenters. The van der Waals surface area contributed by atoms with Crippen LogP contribution in [0, 0.1) is 6.92 Å². The molecule has 5 nitrogen and oxygen atoms in total. The number of carbonyl (C=O) groups excluding carboxylic acids is 1. The van der Waals surface area contributed by atoms with E-state index in [0.29, 0.717) is 25.1 Å². The van der Waals surface area contributed by atoms with Crippen LogP contribution in [0.1, 0.15) is 44.2 Å². The van der Waals surface area contributed by atoms with E-state index in [2.05, 4.69) is 6.58 Å². The normalized spacial score (nSPS) is 31.3. The van der Waals surface area contributed by atoms with Crippen LogP contribution in [0.5, 0.6) is 11.5 Å². The zero-order chi connectivity index (χ0) is 19.3. The highest BCUT2D eigenvalue weighted by Gasteiger charge is 2.67. The molecule has 3 rings (SSSR count). The van der Waals surface area contributed by atoms with E-state index < -0.39 is 17.1 Å². The molecule has 5 heteroatoms. The van der Waals surface area contributed by atoms with Gasteiger partial charge in [-0.15, -0.1) is 6.58 Å². The highest BCUT2D eigenvalue weighted by atomic mass is 16.5. The lowest BCUT2D eigenvalue weighted by Gasteiger charge is -2.54. The fourth-order valence-corrected chi connectivity index (χ4v) is 5.12. The van der Waals surface area contributed by atoms with Crippen molar-refractivity contribution in [1.82, 2.24) is 4.90 Å². The molecule has 0 saturated heterocycles. The minimum Gasteiger partial charge on any atom is -0.504 e. The van der Waals surface area contributed by atoms with Gasteiger partial charge in [-0.3, -0.25) is 9.69 Å². The van der Waals surface area contributed by atoms with Crippen molar-refractivity contribution in [3.63, 3.8) is 0 Å². The summed E-state index contributed by atoms with van der Waals surface area (Å²) in [5, 5.41) is 22.4. The number of aliphatic hydroxyl groups is 1. The molecule has 0 aromatic heterocycles. The molecule has 0 radical (unpaired) electrons. The van der Waals surface area contributed by atoms with Crippen molar-refractivity contribution in [2.75, 3.05) is 13.6 Å². The maximum Gasteiger partial charge on any atom is 0.174 e. The average Bonchev–Trinajstić information content (AvgIpc) is 3.00. The number of hydrogen-bond acceptors (Lipinski definition) is 5. The second kappa shape index (κ2) is 6.39. The first-order valence-electron chi connectivity index (χ1n) is 9.30. The number of phenols is 1. The van der Waals surface area contributed by atoms with Crippen molar-refractivity contribution in [2.45, 2.75) is 63.2 Å². The van der Waals surface area contributed by atoms with Gasteiger partial charge in [0.2, 0.25) is 0 Å². The molecule has 1 fully saturated rings. The summed E-state index contributed by atoms with van der Waals surface area (Å²) in [5.74, 6) is 0.365. The molecular weight excluding hydrogens is 330 g/mol. The number of likely N-dealkylation sites (N-methyl/N-ethyl adjacent to an activating group) is 1. The maximum atomic E-state index is 12.8. The molecule has 1 aliphatic heterocycles. The van der Waals surface area contributed by atoms with E-state index in [-0.39, 0.29) is 24.0 Å². The number of nitrogens with zero attached hydrogens (tertiary/aromatic N) is 1. The Labute approximate surface area is 155 Å². The van der Waals surface area contributed by atoms with Gasteiger partial charge in [0.05, 0.1) is 11.0 Å².